The molecule has 3 rings (SSSR count). The van der Waals surface area contributed by atoms with Gasteiger partial charge in [-0.3, -0.25) is 4.79 Å². The minimum Gasteiger partial charge on any atom is -0.344 e. The zero-order valence-corrected chi connectivity index (χ0v) is 14.2. The van der Waals surface area contributed by atoms with Gasteiger partial charge in [0.15, 0.2) is 6.54 Å². The first-order valence-corrected chi connectivity index (χ1v) is 9.53. The van der Waals surface area contributed by atoms with Crippen molar-refractivity contribution in [2.24, 2.45) is 0 Å². The third kappa shape index (κ3) is 4.81. The molecule has 0 spiro atoms. The van der Waals surface area contributed by atoms with Gasteiger partial charge in [0.05, 0.1) is 12.1 Å². The molecule has 1 amide bonds. The maximum Gasteiger partial charge on any atom is 0.275 e. The summed E-state index contributed by atoms with van der Waals surface area (Å²) in [6.07, 6.45) is 12.8. The smallest absolute Gasteiger partial charge is 0.275 e. The predicted octanol–water partition coefficient (Wildman–Crippen LogP) is 2.86. The summed E-state index contributed by atoms with van der Waals surface area (Å²) in [6, 6.07) is 9.44. The Bertz CT molecular complexity index is 506. The second kappa shape index (κ2) is 8.49. The van der Waals surface area contributed by atoms with Crippen LogP contribution in [0.15, 0.2) is 24.3 Å². The van der Waals surface area contributed by atoms with Crippen LogP contribution in [-0.4, -0.2) is 18.5 Å². The summed E-state index contributed by atoms with van der Waals surface area (Å²) in [5.74, 6) is 0.203. The molecular formula is C20H31N2O+. The molecule has 0 radical (unpaired) electrons. The molecule has 0 heterocycles. The van der Waals surface area contributed by atoms with Crippen molar-refractivity contribution in [3.63, 3.8) is 0 Å². The predicted molar refractivity (Wildman–Crippen MR) is 93.2 cm³/mol. The van der Waals surface area contributed by atoms with Gasteiger partial charge in [0.1, 0.15) is 0 Å². The maximum absolute atomic E-state index is 12.4. The summed E-state index contributed by atoms with van der Waals surface area (Å²) < 4.78 is 0. The van der Waals surface area contributed by atoms with Crippen molar-refractivity contribution in [3.8, 4) is 0 Å². The van der Waals surface area contributed by atoms with Gasteiger partial charge >= 0.3 is 0 Å². The third-order valence-electron chi connectivity index (χ3n) is 5.49. The highest BCUT2D eigenvalue weighted by Crippen LogP contribution is 2.29. The fourth-order valence-corrected chi connectivity index (χ4v) is 4.15. The van der Waals surface area contributed by atoms with E-state index in [0.717, 1.165) is 12.8 Å². The third-order valence-corrected chi connectivity index (χ3v) is 5.49. The van der Waals surface area contributed by atoms with Gasteiger partial charge in [-0.25, -0.2) is 0 Å². The molecule has 0 aliphatic heterocycles. The van der Waals surface area contributed by atoms with E-state index >= 15 is 0 Å². The Morgan fingerprint density at radius 1 is 1.00 bits per heavy atom. The number of fused-ring (bicyclic) bond motifs is 1. The molecule has 126 valence electrons. The van der Waals surface area contributed by atoms with Crippen molar-refractivity contribution in [1.29, 1.82) is 0 Å². The summed E-state index contributed by atoms with van der Waals surface area (Å²) in [4.78, 5) is 12.4. The number of quaternary nitrogens is 1. The van der Waals surface area contributed by atoms with Gasteiger partial charge in [-0.1, -0.05) is 43.5 Å². The molecule has 3 N–H and O–H groups in total. The molecule has 1 saturated carbocycles. The Hall–Kier alpha value is -1.35. The number of nitrogens with two attached hydrogens (primary N) is 1. The second-order valence-electron chi connectivity index (χ2n) is 7.26. The summed E-state index contributed by atoms with van der Waals surface area (Å²) in [5.41, 5.74) is 2.74. The molecule has 0 saturated heterocycles. The summed E-state index contributed by atoms with van der Waals surface area (Å²) in [7, 11) is 0. The van der Waals surface area contributed by atoms with Crippen LogP contribution in [0.1, 0.15) is 75.0 Å². The average molecular weight is 315 g/mol. The zero-order valence-electron chi connectivity index (χ0n) is 14.2. The zero-order chi connectivity index (χ0) is 15.9. The molecule has 2 aliphatic carbocycles. The lowest BCUT2D eigenvalue weighted by molar-refractivity contribution is -0.680. The van der Waals surface area contributed by atoms with Gasteiger partial charge in [-0.05, 0) is 56.1 Å². The Balaban J connectivity index is 1.48. The van der Waals surface area contributed by atoms with Gasteiger partial charge in [-0.2, -0.15) is 0 Å². The molecular weight excluding hydrogens is 284 g/mol. The minimum absolute atomic E-state index is 0.203. The van der Waals surface area contributed by atoms with Gasteiger partial charge in [0, 0.05) is 0 Å². The number of carbonyl (C=O) groups is 1. The minimum atomic E-state index is 0.203. The van der Waals surface area contributed by atoms with Crippen molar-refractivity contribution in [2.45, 2.75) is 76.3 Å². The van der Waals surface area contributed by atoms with E-state index in [9.17, 15) is 4.79 Å². The largest absolute Gasteiger partial charge is 0.344 e. The Morgan fingerprint density at radius 2 is 1.74 bits per heavy atom. The van der Waals surface area contributed by atoms with Crippen LogP contribution in [-0.2, 0) is 11.2 Å². The van der Waals surface area contributed by atoms with Crippen LogP contribution in [0, 0.1) is 0 Å². The van der Waals surface area contributed by atoms with Gasteiger partial charge in [0.25, 0.3) is 5.91 Å². The van der Waals surface area contributed by atoms with E-state index in [0.29, 0.717) is 12.6 Å². The molecule has 1 atom stereocenters. The Morgan fingerprint density at radius 3 is 2.57 bits per heavy atom. The van der Waals surface area contributed by atoms with E-state index in [4.69, 9.17) is 0 Å². The Labute approximate surface area is 140 Å². The number of aryl methyl sites for hydroxylation is 1. The second-order valence-corrected chi connectivity index (χ2v) is 7.26. The standard InChI is InChI=1S/C20H30N2O/c23-20(15-21-17-11-4-2-1-3-5-12-17)22-19-14-8-10-16-9-6-7-13-18(16)19/h6-7,9,13,17,19,21H,1-5,8,10-12,14-15H2,(H,22,23)/p+1/t19-/m0/s1. The first-order valence-electron chi connectivity index (χ1n) is 9.53. The topological polar surface area (TPSA) is 45.7 Å². The number of hydrogen-bond acceptors (Lipinski definition) is 1. The van der Waals surface area contributed by atoms with Gasteiger partial charge < -0.3 is 10.6 Å². The van der Waals surface area contributed by atoms with E-state index in [-0.39, 0.29) is 11.9 Å². The lowest BCUT2D eigenvalue weighted by atomic mass is 9.88. The van der Waals surface area contributed by atoms with Crippen LogP contribution in [0.3, 0.4) is 0 Å². The van der Waals surface area contributed by atoms with Crippen molar-refractivity contribution in [2.75, 3.05) is 6.54 Å². The number of rotatable bonds is 4. The van der Waals surface area contributed by atoms with E-state index in [2.05, 4.69) is 34.9 Å². The van der Waals surface area contributed by atoms with Crippen LogP contribution >= 0.6 is 0 Å². The van der Waals surface area contributed by atoms with Crippen LogP contribution in [0.2, 0.25) is 0 Å². The van der Waals surface area contributed by atoms with Crippen LogP contribution in [0.25, 0.3) is 0 Å². The van der Waals surface area contributed by atoms with Crippen molar-refractivity contribution < 1.29 is 10.1 Å². The molecule has 1 fully saturated rings. The van der Waals surface area contributed by atoms with E-state index in [1.54, 1.807) is 0 Å². The SMILES string of the molecule is O=C(C[NH2+]C1CCCCCCC1)N[C@H]1CCCc2ccccc21. The average Bonchev–Trinajstić information content (AvgIpc) is 2.54. The molecule has 23 heavy (non-hydrogen) atoms. The van der Waals surface area contributed by atoms with Crippen LogP contribution in [0.5, 0.6) is 0 Å². The van der Waals surface area contributed by atoms with Gasteiger partial charge in [-0.15, -0.1) is 0 Å². The first kappa shape index (κ1) is 16.5. The van der Waals surface area contributed by atoms with Crippen molar-refractivity contribution in [3.05, 3.63) is 35.4 Å². The normalized spacial score (nSPS) is 22.7. The van der Waals surface area contributed by atoms with E-state index in [1.165, 1.54) is 62.5 Å². The number of benzene rings is 1. The number of hydrogen-bond donors (Lipinski definition) is 2. The fraction of sp³-hybridized carbons (Fsp3) is 0.650. The van der Waals surface area contributed by atoms with Crippen molar-refractivity contribution >= 4 is 5.91 Å². The van der Waals surface area contributed by atoms with Crippen molar-refractivity contribution in [1.82, 2.24) is 5.32 Å². The fourth-order valence-electron chi connectivity index (χ4n) is 4.15. The maximum atomic E-state index is 12.4. The first-order chi connectivity index (χ1) is 11.3. The summed E-state index contributed by atoms with van der Waals surface area (Å²) in [5, 5.41) is 5.56. The number of nitrogens with one attached hydrogen (secondary N) is 1. The lowest BCUT2D eigenvalue weighted by Crippen LogP contribution is -2.92. The molecule has 2 aliphatic rings. The van der Waals surface area contributed by atoms with Gasteiger partial charge in [0.2, 0.25) is 0 Å². The molecule has 3 nitrogen and oxygen atoms in total. The van der Waals surface area contributed by atoms with Crippen LogP contribution in [0.4, 0.5) is 0 Å². The van der Waals surface area contributed by atoms with E-state index in [1.807, 2.05) is 0 Å². The molecule has 0 bridgehead atoms. The molecule has 1 aromatic carbocycles. The summed E-state index contributed by atoms with van der Waals surface area (Å²) in [6.45, 7) is 0.587. The molecule has 1 aromatic rings. The van der Waals surface area contributed by atoms with E-state index < -0.39 is 0 Å². The number of carbonyl (C=O) groups excluding carboxylic acids is 1. The number of amides is 1. The highest BCUT2D eigenvalue weighted by molar-refractivity contribution is 5.77. The quantitative estimate of drug-likeness (QED) is 0.882. The molecule has 0 unspecified atom stereocenters. The Kier molecular flexibility index (Phi) is 6.09. The molecule has 0 aromatic heterocycles. The molecule has 3 heteroatoms. The monoisotopic (exact) mass is 315 g/mol. The highest BCUT2D eigenvalue weighted by Gasteiger charge is 2.22. The highest BCUT2D eigenvalue weighted by atomic mass is 16.2. The lowest BCUT2D eigenvalue weighted by Gasteiger charge is -2.26. The van der Waals surface area contributed by atoms with Crippen LogP contribution < -0.4 is 10.6 Å². The summed E-state index contributed by atoms with van der Waals surface area (Å²) >= 11 is 0.